The number of aliphatic hydroxyl groups excluding tert-OH is 2. The lowest BCUT2D eigenvalue weighted by Crippen LogP contribution is -2.53. The lowest BCUT2D eigenvalue weighted by molar-refractivity contribution is -0.127. The van der Waals surface area contributed by atoms with Crippen molar-refractivity contribution in [2.24, 2.45) is 23.5 Å². The Morgan fingerprint density at radius 2 is 1.81 bits per heavy atom. The third kappa shape index (κ3) is 3.53. The summed E-state index contributed by atoms with van der Waals surface area (Å²) in [4.78, 5) is 40.8. The maximum atomic E-state index is 13.8. The molecular formula is C27H31N3O6. The van der Waals surface area contributed by atoms with E-state index >= 15 is 0 Å². The topological polar surface area (TPSA) is 167 Å². The number of nitrogens with two attached hydrogens (primary N) is 2. The Bertz CT molecular complexity index is 1320. The highest BCUT2D eigenvalue weighted by molar-refractivity contribution is 6.22. The predicted octanol–water partition coefficient (Wildman–Crippen LogP) is 2.57. The van der Waals surface area contributed by atoms with Gasteiger partial charge in [0, 0.05) is 5.57 Å². The zero-order chi connectivity index (χ0) is 26.6. The lowest BCUT2D eigenvalue weighted by Gasteiger charge is -2.46. The average molecular weight is 494 g/mol. The number of phenols is 1. The normalized spacial score (nSPS) is 26.4. The molecule has 4 rings (SSSR count). The van der Waals surface area contributed by atoms with Crippen molar-refractivity contribution in [3.05, 3.63) is 63.6 Å². The SMILES string of the molecule is C/C=C\C(=C/C)c1cc(N)c(O)c2c1C[C@H]1C[C@@H]3C(C(=O)C(C(N)=O)=C(O)[C@H]3N(C)C)C(O)=C1C2=O. The monoisotopic (exact) mass is 493 g/mol. The maximum absolute atomic E-state index is 13.8. The molecule has 3 aliphatic rings. The number of nitrogen functional groups attached to an aromatic ring is 1. The Kier molecular flexibility index (Phi) is 6.30. The summed E-state index contributed by atoms with van der Waals surface area (Å²) < 4.78 is 0. The van der Waals surface area contributed by atoms with E-state index < -0.39 is 58.4 Å². The number of phenolic OH excluding ortho intramolecular Hbond substituents is 1. The molecular weight excluding hydrogens is 462 g/mol. The molecule has 1 aromatic rings. The highest BCUT2D eigenvalue weighted by atomic mass is 16.3. The molecule has 0 fully saturated rings. The number of carbonyl (C=O) groups is 3. The molecule has 36 heavy (non-hydrogen) atoms. The molecule has 0 radical (unpaired) electrons. The molecule has 3 aliphatic carbocycles. The Morgan fingerprint density at radius 1 is 1.14 bits per heavy atom. The van der Waals surface area contributed by atoms with Crippen LogP contribution >= 0.6 is 0 Å². The zero-order valence-electron chi connectivity index (χ0n) is 20.7. The molecule has 0 saturated carbocycles. The second-order valence-corrected chi connectivity index (χ2v) is 9.76. The number of aliphatic hydroxyl groups is 2. The summed E-state index contributed by atoms with van der Waals surface area (Å²) in [6.45, 7) is 3.73. The first-order chi connectivity index (χ1) is 17.0. The second kappa shape index (κ2) is 8.98. The zero-order valence-corrected chi connectivity index (χ0v) is 20.7. The van der Waals surface area contributed by atoms with Gasteiger partial charge in [-0.1, -0.05) is 18.2 Å². The summed E-state index contributed by atoms with van der Waals surface area (Å²) in [5.74, 6) is -6.04. The van der Waals surface area contributed by atoms with E-state index in [4.69, 9.17) is 11.5 Å². The van der Waals surface area contributed by atoms with E-state index in [-0.39, 0.29) is 22.6 Å². The summed E-state index contributed by atoms with van der Waals surface area (Å²) in [5.41, 5.74) is 13.1. The van der Waals surface area contributed by atoms with Crippen molar-refractivity contribution in [3.63, 3.8) is 0 Å². The first-order valence-corrected chi connectivity index (χ1v) is 11.8. The van der Waals surface area contributed by atoms with Crippen LogP contribution < -0.4 is 11.5 Å². The summed E-state index contributed by atoms with van der Waals surface area (Å²) in [7, 11) is 3.39. The van der Waals surface area contributed by atoms with Crippen LogP contribution in [-0.2, 0) is 16.0 Å². The minimum atomic E-state index is -1.22. The van der Waals surface area contributed by atoms with Gasteiger partial charge in [0.05, 0.1) is 23.2 Å². The lowest BCUT2D eigenvalue weighted by atomic mass is 9.60. The van der Waals surface area contributed by atoms with Crippen LogP contribution in [0, 0.1) is 17.8 Å². The van der Waals surface area contributed by atoms with Gasteiger partial charge in [-0.2, -0.15) is 0 Å². The van der Waals surface area contributed by atoms with Crippen LogP contribution in [0.3, 0.4) is 0 Å². The van der Waals surface area contributed by atoms with E-state index in [9.17, 15) is 29.7 Å². The van der Waals surface area contributed by atoms with Gasteiger partial charge in [0.25, 0.3) is 5.91 Å². The van der Waals surface area contributed by atoms with Crippen molar-refractivity contribution >= 4 is 28.7 Å². The van der Waals surface area contributed by atoms with Crippen LogP contribution in [-0.4, -0.2) is 57.8 Å². The number of likely N-dealkylation sites (N-methyl/N-ethyl adjacent to an activating group) is 1. The number of rotatable bonds is 4. The first-order valence-electron chi connectivity index (χ1n) is 11.8. The molecule has 0 aliphatic heterocycles. The number of aromatic hydroxyl groups is 1. The van der Waals surface area contributed by atoms with Gasteiger partial charge in [-0.3, -0.25) is 19.3 Å². The van der Waals surface area contributed by atoms with Crippen LogP contribution in [0.1, 0.15) is 41.8 Å². The molecule has 1 amide bonds. The number of hydrogen-bond acceptors (Lipinski definition) is 8. The second-order valence-electron chi connectivity index (χ2n) is 9.76. The van der Waals surface area contributed by atoms with E-state index in [0.717, 1.165) is 5.57 Å². The fourth-order valence-corrected chi connectivity index (χ4v) is 6.14. The van der Waals surface area contributed by atoms with Crippen LogP contribution in [0.15, 0.2) is 47.0 Å². The molecule has 4 atom stereocenters. The van der Waals surface area contributed by atoms with E-state index in [0.29, 0.717) is 24.0 Å². The van der Waals surface area contributed by atoms with Crippen molar-refractivity contribution in [1.29, 1.82) is 0 Å². The Morgan fingerprint density at radius 3 is 2.36 bits per heavy atom. The van der Waals surface area contributed by atoms with E-state index in [2.05, 4.69) is 0 Å². The van der Waals surface area contributed by atoms with Gasteiger partial charge < -0.3 is 26.8 Å². The Labute approximate surface area is 209 Å². The Balaban J connectivity index is 1.95. The molecule has 1 unspecified atom stereocenters. The number of anilines is 1. The van der Waals surface area contributed by atoms with Gasteiger partial charge >= 0.3 is 0 Å². The van der Waals surface area contributed by atoms with E-state index in [1.165, 1.54) is 0 Å². The van der Waals surface area contributed by atoms with Crippen LogP contribution in [0.4, 0.5) is 5.69 Å². The van der Waals surface area contributed by atoms with Gasteiger partial charge in [0.2, 0.25) is 0 Å². The number of amides is 1. The molecule has 7 N–H and O–H groups in total. The summed E-state index contributed by atoms with van der Waals surface area (Å²) in [5, 5.41) is 33.0. The standard InChI is InChI=1S/C27H31N3O6/c1-5-7-11(6-2)13-10-16(28)22(31)18-14(13)8-12-9-15-19(24(33)17(12)23(18)32)25(34)20(27(29)36)26(35)21(15)30(3)4/h5-7,10,12,15,19,21,31,33,35H,8-9,28H2,1-4H3,(H2,29,36)/b7-5-,11-6+/t12-,15+,19?,21-/m0/s1. The number of fused-ring (bicyclic) bond motifs is 3. The van der Waals surface area contributed by atoms with E-state index in [1.54, 1.807) is 25.1 Å². The van der Waals surface area contributed by atoms with Crippen molar-refractivity contribution in [1.82, 2.24) is 4.90 Å². The van der Waals surface area contributed by atoms with Crippen molar-refractivity contribution in [3.8, 4) is 5.75 Å². The largest absolute Gasteiger partial charge is 0.511 e. The van der Waals surface area contributed by atoms with Crippen LogP contribution in [0.5, 0.6) is 5.75 Å². The minimum Gasteiger partial charge on any atom is -0.511 e. The number of carbonyl (C=O) groups excluding carboxylic acids is 3. The number of primary amides is 1. The number of benzene rings is 1. The molecule has 0 spiro atoms. The summed E-state index contributed by atoms with van der Waals surface area (Å²) in [6, 6.07) is 0.876. The Hall–Kier alpha value is -3.85. The van der Waals surface area contributed by atoms with Crippen LogP contribution in [0.25, 0.3) is 5.57 Å². The number of hydrogen-bond donors (Lipinski definition) is 5. The number of Topliss-reactive ketones (excluding diaryl/α,β-unsaturated/α-hetero) is 2. The van der Waals surface area contributed by atoms with E-state index in [1.807, 2.05) is 32.1 Å². The van der Waals surface area contributed by atoms with Crippen molar-refractivity contribution < 1.29 is 29.7 Å². The van der Waals surface area contributed by atoms with Gasteiger partial charge in [0.1, 0.15) is 22.8 Å². The highest BCUT2D eigenvalue weighted by Crippen LogP contribution is 2.51. The van der Waals surface area contributed by atoms with Gasteiger partial charge in [0.15, 0.2) is 11.6 Å². The molecule has 0 heterocycles. The van der Waals surface area contributed by atoms with Crippen molar-refractivity contribution in [2.75, 3.05) is 19.8 Å². The number of nitrogens with zero attached hydrogens (tertiary/aromatic N) is 1. The molecule has 1 aromatic carbocycles. The molecule has 0 bridgehead atoms. The van der Waals surface area contributed by atoms with Gasteiger partial charge in [-0.15, -0.1) is 0 Å². The fraction of sp³-hybridized carbons (Fsp3) is 0.370. The predicted molar refractivity (Wildman–Crippen MR) is 135 cm³/mol. The maximum Gasteiger partial charge on any atom is 0.255 e. The third-order valence-corrected chi connectivity index (χ3v) is 7.56. The van der Waals surface area contributed by atoms with Gasteiger partial charge in [-0.25, -0.2) is 0 Å². The third-order valence-electron chi connectivity index (χ3n) is 7.56. The fourth-order valence-electron chi connectivity index (χ4n) is 6.14. The molecule has 190 valence electrons. The van der Waals surface area contributed by atoms with Crippen LogP contribution in [0.2, 0.25) is 0 Å². The van der Waals surface area contributed by atoms with Crippen molar-refractivity contribution in [2.45, 2.75) is 32.7 Å². The molecule has 9 nitrogen and oxygen atoms in total. The number of allylic oxidation sites excluding steroid dienone is 6. The average Bonchev–Trinajstić information content (AvgIpc) is 2.79. The quantitative estimate of drug-likeness (QED) is 0.185. The molecule has 9 heteroatoms. The smallest absolute Gasteiger partial charge is 0.255 e. The minimum absolute atomic E-state index is 0.00559. The van der Waals surface area contributed by atoms with Gasteiger partial charge in [-0.05, 0) is 75.4 Å². The summed E-state index contributed by atoms with van der Waals surface area (Å²) in [6.07, 6.45) is 6.22. The molecule has 0 saturated heterocycles. The first kappa shape index (κ1) is 25.2. The number of ketones is 2. The molecule has 0 aromatic heterocycles. The highest BCUT2D eigenvalue weighted by Gasteiger charge is 2.54. The summed E-state index contributed by atoms with van der Waals surface area (Å²) >= 11 is 0.